The van der Waals surface area contributed by atoms with E-state index < -0.39 is 0 Å². The van der Waals surface area contributed by atoms with Crippen molar-refractivity contribution >= 4 is 0 Å². The Balaban J connectivity index is 1.60. The second kappa shape index (κ2) is 9.06. The molecule has 2 heteroatoms. The third-order valence-electron chi connectivity index (χ3n) is 7.12. The molecule has 0 radical (unpaired) electrons. The molecule has 0 amide bonds. The zero-order chi connectivity index (χ0) is 18.6. The Hall–Kier alpha value is -0.600. The van der Waals surface area contributed by atoms with Crippen LogP contribution in [0.15, 0.2) is 23.3 Å². The van der Waals surface area contributed by atoms with E-state index in [9.17, 15) is 0 Å². The normalized spacial score (nSPS) is 32.8. The van der Waals surface area contributed by atoms with Gasteiger partial charge in [0.05, 0.1) is 0 Å². The summed E-state index contributed by atoms with van der Waals surface area (Å²) < 4.78 is 0. The van der Waals surface area contributed by atoms with Gasteiger partial charge in [-0.05, 0) is 84.0 Å². The van der Waals surface area contributed by atoms with Gasteiger partial charge < -0.3 is 10.6 Å². The summed E-state index contributed by atoms with van der Waals surface area (Å²) in [5.41, 5.74) is 3.78. The number of allylic oxidation sites excluding steroid dienone is 2. The van der Waals surface area contributed by atoms with Crippen molar-refractivity contribution in [3.05, 3.63) is 23.3 Å². The third kappa shape index (κ3) is 5.23. The first-order valence-corrected chi connectivity index (χ1v) is 11.4. The second-order valence-corrected chi connectivity index (χ2v) is 9.57. The van der Waals surface area contributed by atoms with Crippen LogP contribution in [0, 0.1) is 11.8 Å². The summed E-state index contributed by atoms with van der Waals surface area (Å²) in [5.74, 6) is 1.63. The average molecular weight is 359 g/mol. The van der Waals surface area contributed by atoms with Crippen molar-refractivity contribution in [3.8, 4) is 0 Å². The molecule has 3 atom stereocenters. The van der Waals surface area contributed by atoms with Crippen LogP contribution in [-0.4, -0.2) is 24.2 Å². The first kappa shape index (κ1) is 20.1. The average Bonchev–Trinajstić information content (AvgIpc) is 3.30. The van der Waals surface area contributed by atoms with E-state index in [1.165, 1.54) is 64.2 Å². The van der Waals surface area contributed by atoms with E-state index in [1.54, 1.807) is 11.1 Å². The van der Waals surface area contributed by atoms with Crippen LogP contribution in [0.3, 0.4) is 0 Å². The Morgan fingerprint density at radius 1 is 1.27 bits per heavy atom. The lowest BCUT2D eigenvalue weighted by atomic mass is 9.78. The predicted octanol–water partition coefficient (Wildman–Crippen LogP) is 5.75. The van der Waals surface area contributed by atoms with Gasteiger partial charge in [-0.2, -0.15) is 0 Å². The number of hydrogen-bond acceptors (Lipinski definition) is 2. The Kier molecular flexibility index (Phi) is 7.02. The molecule has 0 aromatic heterocycles. The Labute approximate surface area is 162 Å². The maximum absolute atomic E-state index is 3.96. The molecule has 26 heavy (non-hydrogen) atoms. The highest BCUT2D eigenvalue weighted by molar-refractivity contribution is 5.19. The maximum atomic E-state index is 3.96. The van der Waals surface area contributed by atoms with E-state index in [0.29, 0.717) is 23.5 Å². The lowest BCUT2D eigenvalue weighted by Crippen LogP contribution is -2.42. The molecule has 0 aromatic carbocycles. The lowest BCUT2D eigenvalue weighted by molar-refractivity contribution is 0.215. The van der Waals surface area contributed by atoms with Gasteiger partial charge in [0.1, 0.15) is 0 Å². The SMILES string of the molecule is CCCC(/C=C(\C)CNC1(C2CCC2)CC1)/C1=C\CC(C)NC(C)CC1. The molecule has 1 aliphatic heterocycles. The highest BCUT2D eigenvalue weighted by atomic mass is 15.0. The van der Waals surface area contributed by atoms with Gasteiger partial charge in [-0.15, -0.1) is 0 Å². The fourth-order valence-corrected chi connectivity index (χ4v) is 5.02. The van der Waals surface area contributed by atoms with Crippen LogP contribution < -0.4 is 10.6 Å². The molecule has 0 saturated heterocycles. The molecule has 2 N–H and O–H groups in total. The van der Waals surface area contributed by atoms with Crippen molar-refractivity contribution in [2.75, 3.05) is 6.54 Å². The number of rotatable bonds is 8. The largest absolute Gasteiger partial charge is 0.311 e. The van der Waals surface area contributed by atoms with Gasteiger partial charge in [0.15, 0.2) is 0 Å². The minimum absolute atomic E-state index is 0.531. The van der Waals surface area contributed by atoms with Crippen LogP contribution >= 0.6 is 0 Å². The zero-order valence-electron chi connectivity index (χ0n) is 17.7. The minimum atomic E-state index is 0.531. The van der Waals surface area contributed by atoms with Crippen LogP contribution in [0.25, 0.3) is 0 Å². The van der Waals surface area contributed by atoms with Gasteiger partial charge in [0.2, 0.25) is 0 Å². The Bertz CT molecular complexity index is 510. The van der Waals surface area contributed by atoms with Gasteiger partial charge in [-0.25, -0.2) is 0 Å². The third-order valence-corrected chi connectivity index (χ3v) is 7.12. The fourth-order valence-electron chi connectivity index (χ4n) is 5.02. The molecule has 2 aliphatic carbocycles. The van der Waals surface area contributed by atoms with Crippen LogP contribution in [-0.2, 0) is 0 Å². The smallest absolute Gasteiger partial charge is 0.0214 e. The van der Waals surface area contributed by atoms with Crippen molar-refractivity contribution < 1.29 is 0 Å². The molecule has 3 rings (SSSR count). The van der Waals surface area contributed by atoms with E-state index in [1.807, 2.05) is 0 Å². The van der Waals surface area contributed by atoms with Crippen molar-refractivity contribution in [2.45, 2.75) is 110 Å². The van der Waals surface area contributed by atoms with Gasteiger partial charge >= 0.3 is 0 Å². The number of nitrogens with one attached hydrogen (secondary N) is 2. The lowest BCUT2D eigenvalue weighted by Gasteiger charge is -2.35. The van der Waals surface area contributed by atoms with Crippen LogP contribution in [0.5, 0.6) is 0 Å². The van der Waals surface area contributed by atoms with Crippen LogP contribution in [0.2, 0.25) is 0 Å². The molecule has 0 spiro atoms. The molecule has 0 aromatic rings. The Morgan fingerprint density at radius 3 is 2.65 bits per heavy atom. The molecule has 0 bridgehead atoms. The summed E-state index contributed by atoms with van der Waals surface area (Å²) in [6.45, 7) is 10.4. The van der Waals surface area contributed by atoms with E-state index >= 15 is 0 Å². The molecule has 3 unspecified atom stereocenters. The highest BCUT2D eigenvalue weighted by Crippen LogP contribution is 2.50. The van der Waals surface area contributed by atoms with E-state index in [0.717, 1.165) is 12.5 Å². The first-order valence-electron chi connectivity index (χ1n) is 11.4. The number of hydrogen-bond donors (Lipinski definition) is 2. The topological polar surface area (TPSA) is 24.1 Å². The quantitative estimate of drug-likeness (QED) is 0.540. The molecular formula is C24H42N2. The molecule has 2 fully saturated rings. The molecule has 148 valence electrons. The molecule has 3 aliphatic rings. The van der Waals surface area contributed by atoms with Crippen molar-refractivity contribution in [2.24, 2.45) is 11.8 Å². The molecular weight excluding hydrogens is 316 g/mol. The Morgan fingerprint density at radius 2 is 2.04 bits per heavy atom. The summed E-state index contributed by atoms with van der Waals surface area (Å²) >= 11 is 0. The van der Waals surface area contributed by atoms with Crippen LogP contribution in [0.1, 0.15) is 91.9 Å². The standard InChI is InChI=1S/C24H42N2/c1-5-7-22(21-12-10-19(3)26-20(4)11-13-21)16-18(2)17-25-24(14-15-24)23-8-6-9-23/h12,16,19-20,22-23,25-26H,5-11,13-15,17H2,1-4H3/b18-16+,21-12-. The summed E-state index contributed by atoms with van der Waals surface area (Å²) in [4.78, 5) is 0. The van der Waals surface area contributed by atoms with Crippen molar-refractivity contribution in [3.63, 3.8) is 0 Å². The van der Waals surface area contributed by atoms with Crippen LogP contribution in [0.4, 0.5) is 0 Å². The van der Waals surface area contributed by atoms with E-state index in [-0.39, 0.29) is 0 Å². The monoisotopic (exact) mass is 358 g/mol. The summed E-state index contributed by atoms with van der Waals surface area (Å²) in [6.07, 6.45) is 18.6. The van der Waals surface area contributed by atoms with E-state index in [4.69, 9.17) is 0 Å². The second-order valence-electron chi connectivity index (χ2n) is 9.57. The molecule has 2 nitrogen and oxygen atoms in total. The molecule has 2 saturated carbocycles. The summed E-state index contributed by atoms with van der Waals surface area (Å²) in [6, 6.07) is 1.24. The van der Waals surface area contributed by atoms with Gasteiger partial charge in [-0.1, -0.05) is 43.1 Å². The van der Waals surface area contributed by atoms with Gasteiger partial charge in [0, 0.05) is 24.2 Å². The van der Waals surface area contributed by atoms with Gasteiger partial charge in [0.25, 0.3) is 0 Å². The van der Waals surface area contributed by atoms with E-state index in [2.05, 4.69) is 50.5 Å². The minimum Gasteiger partial charge on any atom is -0.311 e. The molecule has 1 heterocycles. The first-order chi connectivity index (χ1) is 12.5. The maximum Gasteiger partial charge on any atom is 0.0214 e. The summed E-state index contributed by atoms with van der Waals surface area (Å²) in [7, 11) is 0. The van der Waals surface area contributed by atoms with Crippen molar-refractivity contribution in [1.82, 2.24) is 10.6 Å². The fraction of sp³-hybridized carbons (Fsp3) is 0.833. The summed E-state index contributed by atoms with van der Waals surface area (Å²) in [5, 5.41) is 7.67. The predicted molar refractivity (Wildman–Crippen MR) is 113 cm³/mol. The van der Waals surface area contributed by atoms with Gasteiger partial charge in [-0.3, -0.25) is 0 Å². The van der Waals surface area contributed by atoms with Crippen molar-refractivity contribution in [1.29, 1.82) is 0 Å². The zero-order valence-corrected chi connectivity index (χ0v) is 17.7. The highest BCUT2D eigenvalue weighted by Gasteiger charge is 2.50.